The first-order valence-electron chi connectivity index (χ1n) is 7.70. The standard InChI is InChI=1S/C19H18BrN3O2/c1-4-6-14-17-15(10-16(24-2)18(14)25-3)21-11-22-19(17)23-13-8-5-7-12(20)9-13/h4-5,7-11H,1,6H2,2-3H3,(H,21,22,23). The van der Waals surface area contributed by atoms with Gasteiger partial charge < -0.3 is 14.8 Å². The van der Waals surface area contributed by atoms with Gasteiger partial charge in [-0.1, -0.05) is 28.1 Å². The predicted octanol–water partition coefficient (Wildman–Crippen LogP) is 4.88. The third kappa shape index (κ3) is 3.44. The van der Waals surface area contributed by atoms with Gasteiger partial charge in [-0.3, -0.25) is 0 Å². The van der Waals surface area contributed by atoms with Crippen LogP contribution in [0.3, 0.4) is 0 Å². The Bertz CT molecular complexity index is 928. The molecular weight excluding hydrogens is 382 g/mol. The number of rotatable bonds is 6. The second kappa shape index (κ2) is 7.53. The molecule has 6 heteroatoms. The van der Waals surface area contributed by atoms with E-state index in [2.05, 4.69) is 37.8 Å². The van der Waals surface area contributed by atoms with Gasteiger partial charge in [0, 0.05) is 21.8 Å². The minimum atomic E-state index is 0.609. The Morgan fingerprint density at radius 2 is 2.04 bits per heavy atom. The van der Waals surface area contributed by atoms with Crippen molar-refractivity contribution in [3.05, 3.63) is 59.4 Å². The van der Waals surface area contributed by atoms with E-state index in [1.165, 1.54) is 6.33 Å². The highest BCUT2D eigenvalue weighted by molar-refractivity contribution is 9.10. The van der Waals surface area contributed by atoms with Gasteiger partial charge in [-0.25, -0.2) is 9.97 Å². The monoisotopic (exact) mass is 399 g/mol. The number of allylic oxidation sites excluding steroid dienone is 1. The van der Waals surface area contributed by atoms with Gasteiger partial charge in [0.1, 0.15) is 12.1 Å². The molecule has 0 atom stereocenters. The van der Waals surface area contributed by atoms with Crippen molar-refractivity contribution >= 4 is 38.3 Å². The first-order valence-corrected chi connectivity index (χ1v) is 8.49. The van der Waals surface area contributed by atoms with Crippen LogP contribution in [0.4, 0.5) is 11.5 Å². The first-order chi connectivity index (χ1) is 12.2. The summed E-state index contributed by atoms with van der Waals surface area (Å²) in [5.74, 6) is 2.02. The first kappa shape index (κ1) is 17.2. The fraction of sp³-hybridized carbons (Fsp3) is 0.158. The van der Waals surface area contributed by atoms with Gasteiger partial charge in [-0.05, 0) is 24.6 Å². The van der Waals surface area contributed by atoms with Crippen molar-refractivity contribution in [1.82, 2.24) is 9.97 Å². The van der Waals surface area contributed by atoms with E-state index in [1.807, 2.05) is 36.4 Å². The molecule has 25 heavy (non-hydrogen) atoms. The van der Waals surface area contributed by atoms with Crippen molar-refractivity contribution in [2.24, 2.45) is 0 Å². The van der Waals surface area contributed by atoms with Crippen molar-refractivity contribution in [1.29, 1.82) is 0 Å². The lowest BCUT2D eigenvalue weighted by Gasteiger charge is -2.17. The maximum atomic E-state index is 5.59. The maximum Gasteiger partial charge on any atom is 0.165 e. The van der Waals surface area contributed by atoms with E-state index in [1.54, 1.807) is 14.2 Å². The molecule has 0 saturated heterocycles. The zero-order chi connectivity index (χ0) is 17.8. The highest BCUT2D eigenvalue weighted by atomic mass is 79.9. The zero-order valence-corrected chi connectivity index (χ0v) is 15.6. The van der Waals surface area contributed by atoms with Gasteiger partial charge in [0.25, 0.3) is 0 Å². The molecule has 128 valence electrons. The molecule has 0 aliphatic rings. The van der Waals surface area contributed by atoms with Crippen LogP contribution in [-0.4, -0.2) is 24.2 Å². The minimum absolute atomic E-state index is 0.609. The van der Waals surface area contributed by atoms with Crippen LogP contribution < -0.4 is 14.8 Å². The van der Waals surface area contributed by atoms with Crippen LogP contribution in [0.1, 0.15) is 5.56 Å². The van der Waals surface area contributed by atoms with E-state index in [4.69, 9.17) is 9.47 Å². The number of nitrogens with zero attached hydrogens (tertiary/aromatic N) is 2. The summed E-state index contributed by atoms with van der Waals surface area (Å²) in [5.41, 5.74) is 2.64. The number of hydrogen-bond donors (Lipinski definition) is 1. The smallest absolute Gasteiger partial charge is 0.165 e. The average molecular weight is 400 g/mol. The average Bonchev–Trinajstić information content (AvgIpc) is 2.61. The Labute approximate surface area is 154 Å². The van der Waals surface area contributed by atoms with Crippen molar-refractivity contribution in [2.75, 3.05) is 19.5 Å². The predicted molar refractivity (Wildman–Crippen MR) is 104 cm³/mol. The quantitative estimate of drug-likeness (QED) is 0.598. The molecular formula is C19H18BrN3O2. The Balaban J connectivity index is 2.23. The largest absolute Gasteiger partial charge is 0.493 e. The number of benzene rings is 2. The fourth-order valence-electron chi connectivity index (χ4n) is 2.77. The number of hydrogen-bond acceptors (Lipinski definition) is 5. The SMILES string of the molecule is C=CCc1c(OC)c(OC)cc2ncnc(Nc3cccc(Br)c3)c12. The summed E-state index contributed by atoms with van der Waals surface area (Å²) in [7, 11) is 3.24. The molecule has 0 fully saturated rings. The zero-order valence-electron chi connectivity index (χ0n) is 14.0. The molecule has 0 saturated carbocycles. The fourth-order valence-corrected chi connectivity index (χ4v) is 3.17. The number of methoxy groups -OCH3 is 2. The lowest BCUT2D eigenvalue weighted by atomic mass is 10.0. The van der Waals surface area contributed by atoms with Crippen molar-refractivity contribution in [3.63, 3.8) is 0 Å². The number of anilines is 2. The molecule has 0 spiro atoms. The molecule has 0 amide bonds. The van der Waals surface area contributed by atoms with E-state index in [9.17, 15) is 0 Å². The van der Waals surface area contributed by atoms with Gasteiger partial charge in [0.05, 0.1) is 25.1 Å². The van der Waals surface area contributed by atoms with Gasteiger partial charge >= 0.3 is 0 Å². The minimum Gasteiger partial charge on any atom is -0.493 e. The van der Waals surface area contributed by atoms with Crippen molar-refractivity contribution < 1.29 is 9.47 Å². The lowest BCUT2D eigenvalue weighted by Crippen LogP contribution is -2.02. The molecule has 0 radical (unpaired) electrons. The number of fused-ring (bicyclic) bond motifs is 1. The van der Waals surface area contributed by atoms with Crippen molar-refractivity contribution in [2.45, 2.75) is 6.42 Å². The molecule has 0 aliphatic heterocycles. The van der Waals surface area contributed by atoms with Crippen LogP contribution in [-0.2, 0) is 6.42 Å². The van der Waals surface area contributed by atoms with Gasteiger partial charge in [-0.2, -0.15) is 0 Å². The van der Waals surface area contributed by atoms with Crippen LogP contribution in [0.25, 0.3) is 10.9 Å². The molecule has 1 heterocycles. The summed E-state index contributed by atoms with van der Waals surface area (Å²) >= 11 is 3.48. The molecule has 0 bridgehead atoms. The van der Waals surface area contributed by atoms with Crippen molar-refractivity contribution in [3.8, 4) is 11.5 Å². The van der Waals surface area contributed by atoms with E-state index in [-0.39, 0.29) is 0 Å². The van der Waals surface area contributed by atoms with Gasteiger partial charge in [-0.15, -0.1) is 6.58 Å². The summed E-state index contributed by atoms with van der Waals surface area (Å²) in [6.07, 6.45) is 3.97. The molecule has 1 N–H and O–H groups in total. The summed E-state index contributed by atoms with van der Waals surface area (Å²) in [6, 6.07) is 9.76. The highest BCUT2D eigenvalue weighted by Gasteiger charge is 2.18. The Hall–Kier alpha value is -2.60. The molecule has 3 rings (SSSR count). The van der Waals surface area contributed by atoms with Crippen LogP contribution in [0.2, 0.25) is 0 Å². The van der Waals surface area contributed by atoms with E-state index < -0.39 is 0 Å². The number of nitrogens with one attached hydrogen (secondary N) is 1. The van der Waals surface area contributed by atoms with Gasteiger partial charge in [0.15, 0.2) is 11.5 Å². The Morgan fingerprint density at radius 3 is 2.72 bits per heavy atom. The van der Waals surface area contributed by atoms with E-state index >= 15 is 0 Å². The van der Waals surface area contributed by atoms with Crippen LogP contribution in [0.15, 0.2) is 53.8 Å². The van der Waals surface area contributed by atoms with E-state index in [0.717, 1.165) is 26.6 Å². The highest BCUT2D eigenvalue weighted by Crippen LogP contribution is 2.40. The molecule has 0 unspecified atom stereocenters. The molecule has 3 aromatic rings. The number of aromatic nitrogens is 2. The Morgan fingerprint density at radius 1 is 1.20 bits per heavy atom. The summed E-state index contributed by atoms with van der Waals surface area (Å²) in [4.78, 5) is 8.84. The summed E-state index contributed by atoms with van der Waals surface area (Å²) in [5, 5.41) is 4.25. The Kier molecular flexibility index (Phi) is 5.19. The third-order valence-electron chi connectivity index (χ3n) is 3.80. The molecule has 2 aromatic carbocycles. The molecule has 0 aliphatic carbocycles. The van der Waals surface area contributed by atoms with Gasteiger partial charge in [0.2, 0.25) is 0 Å². The van der Waals surface area contributed by atoms with Crippen LogP contribution in [0, 0.1) is 0 Å². The lowest BCUT2D eigenvalue weighted by molar-refractivity contribution is 0.353. The second-order valence-electron chi connectivity index (χ2n) is 5.34. The molecule has 1 aromatic heterocycles. The van der Waals surface area contributed by atoms with E-state index in [0.29, 0.717) is 23.7 Å². The van der Waals surface area contributed by atoms with Crippen LogP contribution in [0.5, 0.6) is 11.5 Å². The van der Waals surface area contributed by atoms with Crippen LogP contribution >= 0.6 is 15.9 Å². The summed E-state index contributed by atoms with van der Waals surface area (Å²) < 4.78 is 12.0. The third-order valence-corrected chi connectivity index (χ3v) is 4.30. The second-order valence-corrected chi connectivity index (χ2v) is 6.25. The summed E-state index contributed by atoms with van der Waals surface area (Å²) in [6.45, 7) is 3.86. The number of ether oxygens (including phenoxy) is 2. The number of halogens is 1. The maximum absolute atomic E-state index is 5.59. The molecule has 5 nitrogen and oxygen atoms in total. The normalized spacial score (nSPS) is 10.5. The topological polar surface area (TPSA) is 56.3 Å².